The highest BCUT2D eigenvalue weighted by Gasteiger charge is 2.04. The van der Waals surface area contributed by atoms with Crippen molar-refractivity contribution >= 4 is 23.1 Å². The van der Waals surface area contributed by atoms with Gasteiger partial charge in [0.2, 0.25) is 5.91 Å². The molecule has 0 saturated carbocycles. The third-order valence-corrected chi connectivity index (χ3v) is 3.70. The molecule has 2 rings (SSSR count). The highest BCUT2D eigenvalue weighted by Crippen LogP contribution is 2.24. The Morgan fingerprint density at radius 1 is 0.840 bits per heavy atom. The number of hydrogen-bond acceptors (Lipinski definition) is 4. The number of rotatable bonds is 9. The molecule has 5 nitrogen and oxygen atoms in total. The van der Waals surface area contributed by atoms with Gasteiger partial charge in [0.25, 0.3) is 0 Å². The molecule has 5 heteroatoms. The second-order valence-corrected chi connectivity index (χ2v) is 5.86. The summed E-state index contributed by atoms with van der Waals surface area (Å²) in [5.74, 6) is 1.58. The van der Waals surface area contributed by atoms with Gasteiger partial charge < -0.3 is 20.2 Å². The Bertz CT molecular complexity index is 694. The molecule has 0 aromatic heterocycles. The highest BCUT2D eigenvalue weighted by molar-refractivity contribution is 5.90. The van der Waals surface area contributed by atoms with E-state index in [2.05, 4.69) is 10.6 Å². The summed E-state index contributed by atoms with van der Waals surface area (Å²) in [5.41, 5.74) is 1.75. The van der Waals surface area contributed by atoms with Crippen molar-refractivity contribution in [3.8, 4) is 11.5 Å². The van der Waals surface area contributed by atoms with Crippen molar-refractivity contribution < 1.29 is 14.3 Å². The fourth-order valence-corrected chi connectivity index (χ4v) is 2.32. The summed E-state index contributed by atoms with van der Waals surface area (Å²) in [5, 5.41) is 5.90. The first-order chi connectivity index (χ1) is 12.1. The zero-order chi connectivity index (χ0) is 18.1. The number of hydrogen-bond donors (Lipinski definition) is 2. The number of carbonyl (C=O) groups is 2. The monoisotopic (exact) mass is 340 g/mol. The lowest BCUT2D eigenvalue weighted by Gasteiger charge is -2.09. The number of nitrogens with one attached hydrogen (secondary N) is 2. The molecule has 2 N–H and O–H groups in total. The van der Waals surface area contributed by atoms with E-state index >= 15 is 0 Å². The van der Waals surface area contributed by atoms with Crippen LogP contribution >= 0.6 is 0 Å². The van der Waals surface area contributed by atoms with E-state index in [1.54, 1.807) is 6.92 Å². The van der Waals surface area contributed by atoms with E-state index in [1.807, 2.05) is 55.6 Å². The Kier molecular flexibility index (Phi) is 7.01. The van der Waals surface area contributed by atoms with E-state index in [0.717, 1.165) is 30.0 Å². The molecule has 1 amide bonds. The molecule has 0 spiro atoms. The fourth-order valence-electron chi connectivity index (χ4n) is 2.32. The molecule has 132 valence electrons. The summed E-state index contributed by atoms with van der Waals surface area (Å²) in [6.07, 6.45) is 2.43. The smallest absolute Gasteiger partial charge is 0.224 e. The summed E-state index contributed by atoms with van der Waals surface area (Å²) in [6, 6.07) is 14.9. The van der Waals surface area contributed by atoms with Crippen LogP contribution in [0.1, 0.15) is 32.6 Å². The van der Waals surface area contributed by atoms with Gasteiger partial charge in [0.05, 0.1) is 0 Å². The first-order valence-electron chi connectivity index (χ1n) is 8.42. The van der Waals surface area contributed by atoms with Crippen molar-refractivity contribution in [2.75, 3.05) is 17.7 Å². The van der Waals surface area contributed by atoms with Crippen LogP contribution in [-0.4, -0.2) is 18.7 Å². The van der Waals surface area contributed by atoms with E-state index < -0.39 is 0 Å². The molecule has 0 atom stereocenters. The molecule has 25 heavy (non-hydrogen) atoms. The van der Waals surface area contributed by atoms with Crippen molar-refractivity contribution in [3.63, 3.8) is 0 Å². The maximum Gasteiger partial charge on any atom is 0.224 e. The Balaban J connectivity index is 1.80. The molecule has 2 aromatic rings. The number of Topliss-reactive ketones (excluding diaryl/α,β-unsaturated/α-hetero) is 1. The van der Waals surface area contributed by atoms with Crippen LogP contribution in [0, 0.1) is 0 Å². The van der Waals surface area contributed by atoms with E-state index in [0.29, 0.717) is 18.6 Å². The minimum atomic E-state index is -0.0418. The Morgan fingerprint density at radius 2 is 1.36 bits per heavy atom. The topological polar surface area (TPSA) is 67.4 Å². The van der Waals surface area contributed by atoms with Crippen LogP contribution < -0.4 is 15.4 Å². The normalized spacial score (nSPS) is 10.2. The predicted octanol–water partition coefficient (Wildman–Crippen LogP) is 4.61. The predicted molar refractivity (Wildman–Crippen MR) is 100 cm³/mol. The van der Waals surface area contributed by atoms with Gasteiger partial charge in [-0.25, -0.2) is 0 Å². The van der Waals surface area contributed by atoms with Gasteiger partial charge in [0, 0.05) is 31.3 Å². The van der Waals surface area contributed by atoms with Gasteiger partial charge in [-0.15, -0.1) is 0 Å². The van der Waals surface area contributed by atoms with Crippen LogP contribution in [-0.2, 0) is 9.59 Å². The third-order valence-electron chi connectivity index (χ3n) is 3.70. The summed E-state index contributed by atoms with van der Waals surface area (Å²) in [6.45, 7) is 1.57. The number of anilines is 2. The molecular formula is C20H24N2O3. The van der Waals surface area contributed by atoms with Gasteiger partial charge in [-0.3, -0.25) is 4.79 Å². The quantitative estimate of drug-likeness (QED) is 0.654. The van der Waals surface area contributed by atoms with Crippen LogP contribution in [0.25, 0.3) is 0 Å². The second-order valence-electron chi connectivity index (χ2n) is 5.86. The summed E-state index contributed by atoms with van der Waals surface area (Å²) >= 11 is 0. The average molecular weight is 340 g/mol. The first-order valence-corrected chi connectivity index (χ1v) is 8.42. The molecule has 0 fully saturated rings. The lowest BCUT2D eigenvalue weighted by molar-refractivity contribution is -0.118. The van der Waals surface area contributed by atoms with Crippen LogP contribution in [0.15, 0.2) is 48.5 Å². The van der Waals surface area contributed by atoms with Crippen molar-refractivity contribution in [1.29, 1.82) is 0 Å². The van der Waals surface area contributed by atoms with Crippen LogP contribution in [0.4, 0.5) is 11.4 Å². The number of ketones is 1. The number of amides is 1. The Labute approximate surface area is 148 Å². The third kappa shape index (κ3) is 6.67. The highest BCUT2D eigenvalue weighted by atomic mass is 16.5. The van der Waals surface area contributed by atoms with E-state index in [9.17, 15) is 9.59 Å². The molecule has 0 aliphatic rings. The zero-order valence-corrected chi connectivity index (χ0v) is 14.7. The minimum absolute atomic E-state index is 0.0418. The number of benzene rings is 2. The first kappa shape index (κ1) is 18.5. The van der Waals surface area contributed by atoms with Crippen molar-refractivity contribution in [2.24, 2.45) is 0 Å². The summed E-state index contributed by atoms with van der Waals surface area (Å²) in [7, 11) is 1.87. The number of ether oxygens (including phenoxy) is 1. The van der Waals surface area contributed by atoms with Crippen molar-refractivity contribution in [2.45, 2.75) is 32.6 Å². The van der Waals surface area contributed by atoms with Gasteiger partial charge >= 0.3 is 0 Å². The Morgan fingerprint density at radius 3 is 1.88 bits per heavy atom. The molecule has 0 saturated heterocycles. The van der Waals surface area contributed by atoms with E-state index in [4.69, 9.17) is 4.74 Å². The molecule has 0 unspecified atom stereocenters. The molecule has 2 aromatic carbocycles. The van der Waals surface area contributed by atoms with Crippen molar-refractivity contribution in [1.82, 2.24) is 0 Å². The van der Waals surface area contributed by atoms with Crippen LogP contribution in [0.2, 0.25) is 0 Å². The maximum absolute atomic E-state index is 11.9. The molecular weight excluding hydrogens is 316 g/mol. The molecule has 0 heterocycles. The lowest BCUT2D eigenvalue weighted by atomic mass is 10.1. The number of carbonyl (C=O) groups excluding carboxylic acids is 2. The average Bonchev–Trinajstić information content (AvgIpc) is 2.61. The zero-order valence-electron chi connectivity index (χ0n) is 14.7. The van der Waals surface area contributed by atoms with Gasteiger partial charge in [-0.1, -0.05) is 0 Å². The van der Waals surface area contributed by atoms with Gasteiger partial charge in [0.15, 0.2) is 0 Å². The SMILES string of the molecule is CNc1ccc(Oc2ccc(NC(=O)CCCCC(C)=O)cc2)cc1. The van der Waals surface area contributed by atoms with Gasteiger partial charge in [-0.2, -0.15) is 0 Å². The molecule has 0 radical (unpaired) electrons. The van der Waals surface area contributed by atoms with E-state index in [-0.39, 0.29) is 11.7 Å². The van der Waals surface area contributed by atoms with Crippen LogP contribution in [0.5, 0.6) is 11.5 Å². The van der Waals surface area contributed by atoms with Gasteiger partial charge in [-0.05, 0) is 68.3 Å². The van der Waals surface area contributed by atoms with Gasteiger partial charge in [0.1, 0.15) is 17.3 Å². The largest absolute Gasteiger partial charge is 0.457 e. The standard InChI is InChI=1S/C20H24N2O3/c1-15(23)5-3-4-6-20(24)22-17-9-13-19(14-10-17)25-18-11-7-16(21-2)8-12-18/h7-14,21H,3-6H2,1-2H3,(H,22,24). The maximum atomic E-state index is 11.9. The molecule has 0 aliphatic carbocycles. The van der Waals surface area contributed by atoms with Crippen molar-refractivity contribution in [3.05, 3.63) is 48.5 Å². The summed E-state index contributed by atoms with van der Waals surface area (Å²) in [4.78, 5) is 22.7. The second kappa shape index (κ2) is 9.47. The minimum Gasteiger partial charge on any atom is -0.457 e. The Hall–Kier alpha value is -2.82. The molecule has 0 bridgehead atoms. The fraction of sp³-hybridized carbons (Fsp3) is 0.300. The summed E-state index contributed by atoms with van der Waals surface area (Å²) < 4.78 is 5.77. The lowest BCUT2D eigenvalue weighted by Crippen LogP contribution is -2.11. The van der Waals surface area contributed by atoms with Crippen LogP contribution in [0.3, 0.4) is 0 Å². The van der Waals surface area contributed by atoms with E-state index in [1.165, 1.54) is 0 Å². The molecule has 0 aliphatic heterocycles. The number of unbranched alkanes of at least 4 members (excludes halogenated alkanes) is 1.